The van der Waals surface area contributed by atoms with E-state index in [4.69, 9.17) is 20.3 Å². The van der Waals surface area contributed by atoms with Crippen LogP contribution in [0.5, 0.6) is 0 Å². The molecule has 3 N–H and O–H groups in total. The average Bonchev–Trinajstić information content (AvgIpc) is 2.78. The summed E-state index contributed by atoms with van der Waals surface area (Å²) in [4.78, 5) is 22.8. The monoisotopic (exact) mass is 277 g/mol. The molecule has 2 rings (SSSR count). The number of hydrogen-bond acceptors (Lipinski definition) is 5. The van der Waals surface area contributed by atoms with Gasteiger partial charge in [0.2, 0.25) is 0 Å². The summed E-state index contributed by atoms with van der Waals surface area (Å²) in [5, 5.41) is 8.81. The van der Waals surface area contributed by atoms with Gasteiger partial charge in [-0.2, -0.15) is 0 Å². The van der Waals surface area contributed by atoms with Crippen LogP contribution < -0.4 is 5.73 Å². The van der Waals surface area contributed by atoms with Crippen LogP contribution >= 0.6 is 0 Å². The summed E-state index contributed by atoms with van der Waals surface area (Å²) in [5.74, 6) is -2.68. The van der Waals surface area contributed by atoms with E-state index in [-0.39, 0.29) is 6.61 Å². The predicted octanol–water partition coefficient (Wildman–Crippen LogP) is 1.02. The van der Waals surface area contributed by atoms with Crippen LogP contribution in [0.4, 0.5) is 0 Å². The lowest BCUT2D eigenvalue weighted by atomic mass is 9.95. The van der Waals surface area contributed by atoms with E-state index in [1.165, 1.54) is 12.3 Å². The Kier molecular flexibility index (Phi) is 4.05. The molecule has 0 saturated heterocycles. The zero-order chi connectivity index (χ0) is 14.6. The first-order valence-corrected chi connectivity index (χ1v) is 6.07. The lowest BCUT2D eigenvalue weighted by molar-refractivity contribution is -0.158. The number of carbonyl (C=O) groups excluding carboxylic acids is 1. The van der Waals surface area contributed by atoms with Crippen molar-refractivity contribution in [3.8, 4) is 0 Å². The molecule has 0 amide bonds. The summed E-state index contributed by atoms with van der Waals surface area (Å²) in [7, 11) is 0. The van der Waals surface area contributed by atoms with Crippen molar-refractivity contribution in [2.75, 3.05) is 0 Å². The fraction of sp³-hybridized carbons (Fsp3) is 0.286. The highest BCUT2D eigenvalue weighted by molar-refractivity contribution is 5.78. The Labute approximate surface area is 115 Å². The number of carboxylic acid groups (broad SMARTS) is 1. The van der Waals surface area contributed by atoms with E-state index >= 15 is 0 Å². The molecule has 106 valence electrons. The molecule has 20 heavy (non-hydrogen) atoms. The minimum absolute atomic E-state index is 0.104. The lowest BCUT2D eigenvalue weighted by Gasteiger charge is -2.27. The van der Waals surface area contributed by atoms with E-state index in [1.54, 1.807) is 0 Å². The Morgan fingerprint density at radius 3 is 2.70 bits per heavy atom. The fourth-order valence-corrected chi connectivity index (χ4v) is 1.97. The molecule has 0 spiro atoms. The van der Waals surface area contributed by atoms with Crippen molar-refractivity contribution in [2.45, 2.75) is 18.8 Å². The van der Waals surface area contributed by atoms with Gasteiger partial charge in [-0.25, -0.2) is 0 Å². The number of aliphatic carboxylic acids is 1. The first-order chi connectivity index (χ1) is 9.51. The van der Waals surface area contributed by atoms with E-state index in [2.05, 4.69) is 0 Å². The number of hydrogen-bond donors (Lipinski definition) is 2. The van der Waals surface area contributed by atoms with Crippen LogP contribution in [0.1, 0.15) is 12.0 Å². The van der Waals surface area contributed by atoms with E-state index in [1.807, 2.05) is 30.3 Å². The van der Waals surface area contributed by atoms with Crippen LogP contribution in [0.3, 0.4) is 0 Å². The van der Waals surface area contributed by atoms with E-state index in [0.29, 0.717) is 0 Å². The minimum atomic E-state index is -1.58. The van der Waals surface area contributed by atoms with E-state index < -0.39 is 30.0 Å². The van der Waals surface area contributed by atoms with Crippen LogP contribution in [-0.4, -0.2) is 22.8 Å². The lowest BCUT2D eigenvalue weighted by Crippen LogP contribution is -2.50. The van der Waals surface area contributed by atoms with Gasteiger partial charge in [0, 0.05) is 0 Å². The highest BCUT2D eigenvalue weighted by Gasteiger charge is 2.46. The summed E-state index contributed by atoms with van der Waals surface area (Å²) in [5.41, 5.74) is 5.06. The second-order valence-electron chi connectivity index (χ2n) is 4.54. The molecule has 0 bridgehead atoms. The van der Waals surface area contributed by atoms with Crippen LogP contribution in [0.15, 0.2) is 42.7 Å². The van der Waals surface area contributed by atoms with Crippen molar-refractivity contribution in [3.63, 3.8) is 0 Å². The van der Waals surface area contributed by atoms with Crippen molar-refractivity contribution < 1.29 is 24.2 Å². The molecule has 0 aromatic heterocycles. The number of benzene rings is 1. The van der Waals surface area contributed by atoms with Crippen LogP contribution in [0, 0.1) is 5.92 Å². The molecule has 0 unspecified atom stereocenters. The molecule has 2 atom stereocenters. The summed E-state index contributed by atoms with van der Waals surface area (Å²) >= 11 is 0. The van der Waals surface area contributed by atoms with Crippen molar-refractivity contribution in [2.24, 2.45) is 11.7 Å². The molecule has 0 aliphatic carbocycles. The van der Waals surface area contributed by atoms with Gasteiger partial charge in [0.05, 0.1) is 6.26 Å². The number of carbonyl (C=O) groups is 2. The second-order valence-corrected chi connectivity index (χ2v) is 4.54. The summed E-state index contributed by atoms with van der Waals surface area (Å²) in [6, 6.07) is 9.16. The second kappa shape index (κ2) is 5.75. The number of rotatable bonds is 5. The Balaban J connectivity index is 1.97. The molecule has 6 heteroatoms. The molecule has 1 aliphatic rings. The van der Waals surface area contributed by atoms with E-state index in [0.717, 1.165) is 5.56 Å². The Bertz CT molecular complexity index is 528. The molecule has 1 aromatic rings. The molecule has 6 nitrogen and oxygen atoms in total. The molecule has 0 fully saturated rings. The standard InChI is InChI=1S/C14H15NO5/c15-14(8-12(16)17)11(6-7-20-14)13(18)19-9-10-4-2-1-3-5-10/h1-7,11H,8-9,15H2,(H,16,17)/t11-,14+/m1/s1. The van der Waals surface area contributed by atoms with Gasteiger partial charge in [-0.15, -0.1) is 0 Å². The first-order valence-electron chi connectivity index (χ1n) is 6.07. The maximum absolute atomic E-state index is 12.0. The average molecular weight is 277 g/mol. The molecule has 1 heterocycles. The Hall–Kier alpha value is -2.34. The molecular formula is C14H15NO5. The number of ether oxygens (including phenoxy) is 2. The maximum atomic E-state index is 12.0. The topological polar surface area (TPSA) is 98.9 Å². The van der Waals surface area contributed by atoms with Gasteiger partial charge in [-0.1, -0.05) is 30.3 Å². The van der Waals surface area contributed by atoms with Gasteiger partial charge in [0.1, 0.15) is 18.9 Å². The summed E-state index contributed by atoms with van der Waals surface area (Å²) in [6.45, 7) is 0.104. The van der Waals surface area contributed by atoms with Gasteiger partial charge in [-0.05, 0) is 11.6 Å². The van der Waals surface area contributed by atoms with Gasteiger partial charge in [0.15, 0.2) is 5.72 Å². The van der Waals surface area contributed by atoms with Gasteiger partial charge < -0.3 is 14.6 Å². The normalized spacial score (nSPS) is 24.1. The van der Waals surface area contributed by atoms with Crippen LogP contribution in [0.25, 0.3) is 0 Å². The molecular weight excluding hydrogens is 262 g/mol. The summed E-state index contributed by atoms with van der Waals surface area (Å²) in [6.07, 6.45) is 2.17. The molecule has 0 radical (unpaired) electrons. The predicted molar refractivity (Wildman–Crippen MR) is 69.1 cm³/mol. The maximum Gasteiger partial charge on any atom is 0.318 e. The third kappa shape index (κ3) is 3.16. The molecule has 1 aliphatic heterocycles. The van der Waals surface area contributed by atoms with Crippen molar-refractivity contribution >= 4 is 11.9 Å². The quantitative estimate of drug-likeness (QED) is 0.780. The molecule has 1 aromatic carbocycles. The number of carboxylic acids is 1. The zero-order valence-electron chi connectivity index (χ0n) is 10.7. The first kappa shape index (κ1) is 14.1. The van der Waals surface area contributed by atoms with Crippen LogP contribution in [-0.2, 0) is 25.7 Å². The highest BCUT2D eigenvalue weighted by Crippen LogP contribution is 2.29. The SMILES string of the molecule is N[C@@]1(CC(=O)O)OC=C[C@@H]1C(=O)OCc1ccccc1. The Morgan fingerprint density at radius 2 is 2.05 bits per heavy atom. The third-order valence-electron chi connectivity index (χ3n) is 2.99. The van der Waals surface area contributed by atoms with Gasteiger partial charge in [0.25, 0.3) is 0 Å². The minimum Gasteiger partial charge on any atom is -0.481 e. The number of esters is 1. The smallest absolute Gasteiger partial charge is 0.318 e. The largest absolute Gasteiger partial charge is 0.481 e. The summed E-state index contributed by atoms with van der Waals surface area (Å²) < 4.78 is 10.2. The zero-order valence-corrected chi connectivity index (χ0v) is 10.7. The molecule has 0 saturated carbocycles. The van der Waals surface area contributed by atoms with Crippen molar-refractivity contribution in [1.29, 1.82) is 0 Å². The van der Waals surface area contributed by atoms with Gasteiger partial charge in [-0.3, -0.25) is 15.3 Å². The van der Waals surface area contributed by atoms with Crippen molar-refractivity contribution in [1.82, 2.24) is 0 Å². The highest BCUT2D eigenvalue weighted by atomic mass is 16.5. The third-order valence-corrected chi connectivity index (χ3v) is 2.99. The van der Waals surface area contributed by atoms with E-state index in [9.17, 15) is 9.59 Å². The Morgan fingerprint density at radius 1 is 1.35 bits per heavy atom. The van der Waals surface area contributed by atoms with Gasteiger partial charge >= 0.3 is 11.9 Å². The fourth-order valence-electron chi connectivity index (χ4n) is 1.97. The van der Waals surface area contributed by atoms with Crippen LogP contribution in [0.2, 0.25) is 0 Å². The number of nitrogens with two attached hydrogens (primary N) is 1. The van der Waals surface area contributed by atoms with Crippen molar-refractivity contribution in [3.05, 3.63) is 48.2 Å².